The van der Waals surface area contributed by atoms with Crippen LogP contribution in [0, 0.1) is 0 Å². The third-order valence-electron chi connectivity index (χ3n) is 1.62. The van der Waals surface area contributed by atoms with Crippen molar-refractivity contribution in [1.82, 2.24) is 0 Å². The summed E-state index contributed by atoms with van der Waals surface area (Å²) in [5, 5.41) is 0. The van der Waals surface area contributed by atoms with Crippen LogP contribution < -0.4 is 0 Å². The second kappa shape index (κ2) is 5.29. The van der Waals surface area contributed by atoms with E-state index in [4.69, 9.17) is 0 Å². The predicted molar refractivity (Wildman–Crippen MR) is 51.8 cm³/mol. The molecule has 0 heterocycles. The fourth-order valence-electron chi connectivity index (χ4n) is 0.962. The summed E-state index contributed by atoms with van der Waals surface area (Å²) in [5.41, 5.74) is 0.309. The third kappa shape index (κ3) is 2.78. The summed E-state index contributed by atoms with van der Waals surface area (Å²) in [5.74, 6) is -0.660. The molecule has 0 amide bonds. The average Bonchev–Trinajstić information content (AvgIpc) is 2.26. The van der Waals surface area contributed by atoms with E-state index in [9.17, 15) is 9.18 Å². The highest BCUT2D eigenvalue weighted by molar-refractivity contribution is 5.98. The van der Waals surface area contributed by atoms with Crippen molar-refractivity contribution in [2.45, 2.75) is 6.36 Å². The largest absolute Gasteiger partial charge is 0.338 e. The lowest BCUT2D eigenvalue weighted by Crippen LogP contribution is -2.19. The minimum atomic E-state index is -1.91. The molecule has 0 saturated heterocycles. The Balaban J connectivity index is 2.61. The zero-order chi connectivity index (χ0) is 10.4. The molecule has 1 aromatic carbocycles. The fourth-order valence-corrected chi connectivity index (χ4v) is 0.962. The van der Waals surface area contributed by atoms with Gasteiger partial charge in [0.25, 0.3) is 6.36 Å². The summed E-state index contributed by atoms with van der Waals surface area (Å²) >= 11 is 0. The van der Waals surface area contributed by atoms with Crippen LogP contribution in [0.4, 0.5) is 4.39 Å². The van der Waals surface area contributed by atoms with E-state index in [0.717, 1.165) is 0 Å². The quantitative estimate of drug-likeness (QED) is 0.531. The molecule has 1 aromatic rings. The van der Waals surface area contributed by atoms with Crippen molar-refractivity contribution >= 4 is 5.78 Å². The highest BCUT2D eigenvalue weighted by atomic mass is 19.1. The number of rotatable bonds is 5. The molecule has 0 aromatic heterocycles. The van der Waals surface area contributed by atoms with Crippen molar-refractivity contribution in [2.75, 3.05) is 6.61 Å². The van der Waals surface area contributed by atoms with Crippen molar-refractivity contribution < 1.29 is 13.9 Å². The van der Waals surface area contributed by atoms with Gasteiger partial charge in [-0.3, -0.25) is 4.79 Å². The molecule has 0 fully saturated rings. The van der Waals surface area contributed by atoms with Gasteiger partial charge >= 0.3 is 0 Å². The summed E-state index contributed by atoms with van der Waals surface area (Å²) in [6, 6.07) is 8.20. The maximum atomic E-state index is 13.0. The number of carbonyl (C=O) groups is 1. The molecule has 2 nitrogen and oxygen atoms in total. The van der Waals surface area contributed by atoms with Gasteiger partial charge < -0.3 is 4.74 Å². The molecule has 3 heteroatoms. The third-order valence-corrected chi connectivity index (χ3v) is 1.62. The smallest absolute Gasteiger partial charge is 0.263 e. The first kappa shape index (κ1) is 10.6. The molecule has 1 unspecified atom stereocenters. The van der Waals surface area contributed by atoms with Crippen molar-refractivity contribution in [2.24, 2.45) is 0 Å². The number of halogens is 1. The van der Waals surface area contributed by atoms with Gasteiger partial charge in [-0.2, -0.15) is 0 Å². The molecular formula is C11H11FO2. The lowest BCUT2D eigenvalue weighted by Gasteiger charge is -2.06. The number of hydrogen-bond acceptors (Lipinski definition) is 2. The highest BCUT2D eigenvalue weighted by Gasteiger charge is 2.18. The summed E-state index contributed by atoms with van der Waals surface area (Å²) in [6.07, 6.45) is -0.513. The minimum absolute atomic E-state index is 0.0275. The van der Waals surface area contributed by atoms with E-state index >= 15 is 0 Å². The summed E-state index contributed by atoms with van der Waals surface area (Å²) < 4.78 is 17.6. The number of benzene rings is 1. The molecule has 0 aliphatic heterocycles. The molecule has 0 spiro atoms. The molecule has 0 bridgehead atoms. The van der Waals surface area contributed by atoms with Crippen LogP contribution in [-0.4, -0.2) is 18.7 Å². The first-order chi connectivity index (χ1) is 6.75. The first-order valence-corrected chi connectivity index (χ1v) is 4.21. The number of alkyl halides is 1. The van der Waals surface area contributed by atoms with Crippen LogP contribution in [0.5, 0.6) is 0 Å². The zero-order valence-electron chi connectivity index (χ0n) is 7.65. The van der Waals surface area contributed by atoms with Crippen LogP contribution in [0.3, 0.4) is 0 Å². The van der Waals surface area contributed by atoms with E-state index in [0.29, 0.717) is 5.56 Å². The van der Waals surface area contributed by atoms with Gasteiger partial charge in [-0.05, 0) is 0 Å². The molecule has 0 N–H and O–H groups in total. The highest BCUT2D eigenvalue weighted by Crippen LogP contribution is 2.07. The Morgan fingerprint density at radius 1 is 1.50 bits per heavy atom. The molecule has 0 saturated carbocycles. The van der Waals surface area contributed by atoms with Gasteiger partial charge in [-0.15, -0.1) is 6.58 Å². The lowest BCUT2D eigenvalue weighted by atomic mass is 10.1. The molecule has 1 rings (SSSR count). The Kier molecular flexibility index (Phi) is 4.01. The van der Waals surface area contributed by atoms with E-state index in [1.807, 2.05) is 0 Å². The van der Waals surface area contributed by atoms with Crippen molar-refractivity contribution in [3.63, 3.8) is 0 Å². The number of ether oxygens (including phenoxy) is 1. The van der Waals surface area contributed by atoms with Gasteiger partial charge in [0.15, 0.2) is 0 Å². The topological polar surface area (TPSA) is 26.3 Å². The Morgan fingerprint density at radius 2 is 2.14 bits per heavy atom. The average molecular weight is 194 g/mol. The second-order valence-electron chi connectivity index (χ2n) is 2.67. The van der Waals surface area contributed by atoms with Crippen LogP contribution in [-0.2, 0) is 4.74 Å². The summed E-state index contributed by atoms with van der Waals surface area (Å²) in [4.78, 5) is 11.3. The lowest BCUT2D eigenvalue weighted by molar-refractivity contribution is -0.00924. The van der Waals surface area contributed by atoms with Gasteiger partial charge in [0.2, 0.25) is 5.78 Å². The first-order valence-electron chi connectivity index (χ1n) is 4.21. The molecule has 0 aliphatic carbocycles. The zero-order valence-corrected chi connectivity index (χ0v) is 7.65. The molecule has 0 radical (unpaired) electrons. The van der Waals surface area contributed by atoms with E-state index in [-0.39, 0.29) is 6.61 Å². The Hall–Kier alpha value is -1.48. The van der Waals surface area contributed by atoms with Crippen LogP contribution in [0.25, 0.3) is 0 Å². The van der Waals surface area contributed by atoms with Gasteiger partial charge in [-0.1, -0.05) is 36.4 Å². The summed E-state index contributed by atoms with van der Waals surface area (Å²) in [6.45, 7) is 3.39. The summed E-state index contributed by atoms with van der Waals surface area (Å²) in [7, 11) is 0. The Morgan fingerprint density at radius 3 is 2.71 bits per heavy atom. The number of hydrogen-bond donors (Lipinski definition) is 0. The second-order valence-corrected chi connectivity index (χ2v) is 2.67. The van der Waals surface area contributed by atoms with Gasteiger partial charge in [0.1, 0.15) is 0 Å². The maximum absolute atomic E-state index is 13.0. The van der Waals surface area contributed by atoms with Crippen molar-refractivity contribution in [1.29, 1.82) is 0 Å². The number of Topliss-reactive ketones (excluding diaryl/α,β-unsaturated/α-hetero) is 1. The predicted octanol–water partition coefficient (Wildman–Crippen LogP) is 2.37. The van der Waals surface area contributed by atoms with Gasteiger partial charge in [0, 0.05) is 5.56 Å². The number of carbonyl (C=O) groups excluding carboxylic acids is 1. The minimum Gasteiger partial charge on any atom is -0.338 e. The number of ketones is 1. The van der Waals surface area contributed by atoms with Gasteiger partial charge in [-0.25, -0.2) is 4.39 Å². The Labute approximate surface area is 82.0 Å². The monoisotopic (exact) mass is 194 g/mol. The molecule has 1 atom stereocenters. The normalized spacial score (nSPS) is 12.1. The molecule has 74 valence electrons. The van der Waals surface area contributed by atoms with E-state index in [1.165, 1.54) is 6.08 Å². The molecular weight excluding hydrogens is 183 g/mol. The van der Waals surface area contributed by atoms with Crippen molar-refractivity contribution in [3.8, 4) is 0 Å². The van der Waals surface area contributed by atoms with E-state index in [2.05, 4.69) is 11.3 Å². The SMILES string of the molecule is C=CCOC(F)C(=O)c1ccccc1. The Bertz CT molecular complexity index is 308. The van der Waals surface area contributed by atoms with Crippen LogP contribution >= 0.6 is 0 Å². The van der Waals surface area contributed by atoms with E-state index < -0.39 is 12.1 Å². The van der Waals surface area contributed by atoms with Crippen LogP contribution in [0.1, 0.15) is 10.4 Å². The van der Waals surface area contributed by atoms with E-state index in [1.54, 1.807) is 30.3 Å². The molecule has 14 heavy (non-hydrogen) atoms. The molecule has 0 aliphatic rings. The van der Waals surface area contributed by atoms with Crippen molar-refractivity contribution in [3.05, 3.63) is 48.6 Å². The van der Waals surface area contributed by atoms with Crippen LogP contribution in [0.2, 0.25) is 0 Å². The van der Waals surface area contributed by atoms with Gasteiger partial charge in [0.05, 0.1) is 6.61 Å². The van der Waals surface area contributed by atoms with Crippen LogP contribution in [0.15, 0.2) is 43.0 Å². The standard InChI is InChI=1S/C11H11FO2/c1-2-8-14-11(12)10(13)9-6-4-3-5-7-9/h2-7,11H,1,8H2. The fraction of sp³-hybridized carbons (Fsp3) is 0.182. The maximum Gasteiger partial charge on any atom is 0.263 e.